The Kier molecular flexibility index (Phi) is 8.15. The number of halogens is 1. The van der Waals surface area contributed by atoms with Crippen LogP contribution in [0.1, 0.15) is 22.8 Å². The maximum atomic E-state index is 13.2. The molecule has 1 rings (SSSR count). The van der Waals surface area contributed by atoms with E-state index in [0.717, 1.165) is 0 Å². The zero-order chi connectivity index (χ0) is 17.9. The number of hydrogen-bond acceptors (Lipinski definition) is 5. The average molecular weight is 333 g/mol. The number of methoxy groups -OCH3 is 1. The van der Waals surface area contributed by atoms with Crippen molar-refractivity contribution in [2.24, 2.45) is 0 Å². The molecule has 0 radical (unpaired) electrons. The third kappa shape index (κ3) is 5.17. The van der Waals surface area contributed by atoms with E-state index in [-0.39, 0.29) is 36.7 Å². The molecule has 0 aromatic carbocycles. The second-order valence-electron chi connectivity index (χ2n) is 4.47. The molecule has 24 heavy (non-hydrogen) atoms. The molecule has 1 aromatic rings. The van der Waals surface area contributed by atoms with Crippen LogP contribution in [0.15, 0.2) is 55.2 Å². The molecule has 0 saturated carbocycles. The van der Waals surface area contributed by atoms with E-state index in [1.54, 1.807) is 13.0 Å². The summed E-state index contributed by atoms with van der Waals surface area (Å²) in [7, 11) is 1.50. The third-order valence-corrected chi connectivity index (χ3v) is 2.87. The molecule has 0 fully saturated rings. The molecule has 1 heterocycles. The van der Waals surface area contributed by atoms with Crippen molar-refractivity contribution in [1.82, 2.24) is 4.98 Å². The van der Waals surface area contributed by atoms with Gasteiger partial charge in [0, 0.05) is 13.3 Å². The van der Waals surface area contributed by atoms with Crippen molar-refractivity contribution in [3.05, 3.63) is 66.4 Å². The van der Waals surface area contributed by atoms with Crippen molar-refractivity contribution in [3.8, 4) is 5.88 Å². The molecular formula is C18H20FNO4. The van der Waals surface area contributed by atoms with Crippen LogP contribution in [0.5, 0.6) is 5.88 Å². The van der Waals surface area contributed by atoms with E-state index in [0.29, 0.717) is 11.1 Å². The monoisotopic (exact) mass is 333 g/mol. The number of rotatable bonds is 9. The maximum absolute atomic E-state index is 13.2. The van der Waals surface area contributed by atoms with Crippen molar-refractivity contribution < 1.29 is 23.4 Å². The molecular weight excluding hydrogens is 313 g/mol. The first-order valence-electron chi connectivity index (χ1n) is 7.19. The van der Waals surface area contributed by atoms with Gasteiger partial charge in [0.1, 0.15) is 11.9 Å². The van der Waals surface area contributed by atoms with Crippen molar-refractivity contribution >= 4 is 12.0 Å². The fourth-order valence-corrected chi connectivity index (χ4v) is 1.82. The van der Waals surface area contributed by atoms with Gasteiger partial charge in [-0.25, -0.2) is 14.2 Å². The highest BCUT2D eigenvalue weighted by Crippen LogP contribution is 2.24. The lowest BCUT2D eigenvalue weighted by molar-refractivity contribution is 0.0522. The Morgan fingerprint density at radius 3 is 2.71 bits per heavy atom. The highest BCUT2D eigenvalue weighted by molar-refractivity contribution is 5.95. The van der Waals surface area contributed by atoms with Crippen LogP contribution in [-0.4, -0.2) is 31.3 Å². The van der Waals surface area contributed by atoms with Gasteiger partial charge in [0.15, 0.2) is 5.76 Å². The number of esters is 1. The summed E-state index contributed by atoms with van der Waals surface area (Å²) in [5.74, 6) is -0.855. The van der Waals surface area contributed by atoms with Crippen LogP contribution in [-0.2, 0) is 9.47 Å². The van der Waals surface area contributed by atoms with Crippen LogP contribution in [0.3, 0.4) is 0 Å². The Labute approximate surface area is 140 Å². The zero-order valence-electron chi connectivity index (χ0n) is 13.8. The summed E-state index contributed by atoms with van der Waals surface area (Å²) in [6, 6.07) is 1.58. The van der Waals surface area contributed by atoms with Gasteiger partial charge in [-0.15, -0.1) is 0 Å². The van der Waals surface area contributed by atoms with E-state index in [4.69, 9.17) is 14.2 Å². The summed E-state index contributed by atoms with van der Waals surface area (Å²) in [6.45, 7) is 9.35. The smallest absolute Gasteiger partial charge is 0.344 e. The van der Waals surface area contributed by atoms with Crippen LogP contribution in [0, 0.1) is 0 Å². The molecule has 0 aliphatic rings. The second kappa shape index (κ2) is 10.1. The molecule has 1 aromatic heterocycles. The van der Waals surface area contributed by atoms with Gasteiger partial charge in [-0.1, -0.05) is 25.3 Å². The van der Waals surface area contributed by atoms with Crippen molar-refractivity contribution in [2.45, 2.75) is 6.92 Å². The quantitative estimate of drug-likeness (QED) is 0.390. The molecule has 128 valence electrons. The first-order valence-corrected chi connectivity index (χ1v) is 7.19. The summed E-state index contributed by atoms with van der Waals surface area (Å²) in [5.41, 5.74) is 1.15. The predicted octanol–water partition coefficient (Wildman–Crippen LogP) is 3.85. The molecule has 5 nitrogen and oxygen atoms in total. The van der Waals surface area contributed by atoms with E-state index in [9.17, 15) is 9.18 Å². The summed E-state index contributed by atoms with van der Waals surface area (Å²) >= 11 is 0. The maximum Gasteiger partial charge on any atom is 0.344 e. The molecule has 0 aliphatic carbocycles. The largest absolute Gasteiger partial charge is 0.462 e. The molecule has 6 heteroatoms. The zero-order valence-corrected chi connectivity index (χ0v) is 13.8. The molecule has 0 unspecified atom stereocenters. The molecule has 0 N–H and O–H groups in total. The number of hydrogen-bond donors (Lipinski definition) is 0. The Morgan fingerprint density at radius 1 is 1.42 bits per heavy atom. The Bertz CT molecular complexity index is 665. The van der Waals surface area contributed by atoms with Gasteiger partial charge in [0.25, 0.3) is 0 Å². The lowest BCUT2D eigenvalue weighted by Crippen LogP contribution is -2.11. The average Bonchev–Trinajstić information content (AvgIpc) is 2.60. The summed E-state index contributed by atoms with van der Waals surface area (Å²) in [5, 5.41) is 0. The normalized spacial score (nSPS) is 11.8. The summed E-state index contributed by atoms with van der Waals surface area (Å²) < 4.78 is 28.6. The number of allylic oxidation sites excluding steroid dienone is 1. The lowest BCUT2D eigenvalue weighted by atomic mass is 10.1. The SMILES string of the molecule is C=C/C(=C\C(=C\F)Oc1nccc(C=C)c1C(=O)OCC)COC. The van der Waals surface area contributed by atoms with E-state index in [2.05, 4.69) is 18.1 Å². The highest BCUT2D eigenvalue weighted by atomic mass is 19.1. The fourth-order valence-electron chi connectivity index (χ4n) is 1.82. The van der Waals surface area contributed by atoms with Crippen LogP contribution >= 0.6 is 0 Å². The van der Waals surface area contributed by atoms with E-state index < -0.39 is 5.97 Å². The summed E-state index contributed by atoms with van der Waals surface area (Å²) in [6.07, 6.45) is 6.06. The Balaban J connectivity index is 3.24. The van der Waals surface area contributed by atoms with Crippen LogP contribution in [0.4, 0.5) is 4.39 Å². The number of ether oxygens (including phenoxy) is 3. The van der Waals surface area contributed by atoms with Gasteiger partial charge in [0.2, 0.25) is 5.88 Å². The van der Waals surface area contributed by atoms with Gasteiger partial charge in [-0.2, -0.15) is 0 Å². The molecule has 0 bridgehead atoms. The minimum absolute atomic E-state index is 0.0770. The third-order valence-electron chi connectivity index (χ3n) is 2.87. The van der Waals surface area contributed by atoms with Crippen molar-refractivity contribution in [2.75, 3.05) is 20.3 Å². The molecule has 0 aliphatic heterocycles. The van der Waals surface area contributed by atoms with Crippen LogP contribution < -0.4 is 4.74 Å². The fraction of sp³-hybridized carbons (Fsp3) is 0.222. The molecule has 0 saturated heterocycles. The number of carbonyl (C=O) groups excluding carboxylic acids is 1. The number of aromatic nitrogens is 1. The molecule has 0 atom stereocenters. The number of pyridine rings is 1. The predicted molar refractivity (Wildman–Crippen MR) is 90.3 cm³/mol. The van der Waals surface area contributed by atoms with Gasteiger partial charge < -0.3 is 14.2 Å². The second-order valence-corrected chi connectivity index (χ2v) is 4.47. The first-order chi connectivity index (χ1) is 11.6. The van der Waals surface area contributed by atoms with E-state index in [1.807, 2.05) is 0 Å². The summed E-state index contributed by atoms with van der Waals surface area (Å²) in [4.78, 5) is 16.1. The van der Waals surface area contributed by atoms with E-state index in [1.165, 1.54) is 31.5 Å². The highest BCUT2D eigenvalue weighted by Gasteiger charge is 2.20. The molecule has 0 amide bonds. The number of nitrogens with zero attached hydrogens (tertiary/aromatic N) is 1. The van der Waals surface area contributed by atoms with Gasteiger partial charge in [-0.3, -0.25) is 0 Å². The van der Waals surface area contributed by atoms with Gasteiger partial charge >= 0.3 is 5.97 Å². The minimum Gasteiger partial charge on any atom is -0.462 e. The first kappa shape index (κ1) is 19.3. The van der Waals surface area contributed by atoms with Gasteiger partial charge in [-0.05, 0) is 30.2 Å². The standard InChI is InChI=1S/C18H20FNO4/c1-5-13(12-22-4)10-15(11-19)24-17-16(18(21)23-7-3)14(6-2)8-9-20-17/h5-6,8-11H,1-2,7,12H2,3-4H3/b13-10+,15-11-. The lowest BCUT2D eigenvalue weighted by Gasteiger charge is -2.12. The van der Waals surface area contributed by atoms with Gasteiger partial charge in [0.05, 0.1) is 13.2 Å². The van der Waals surface area contributed by atoms with Crippen molar-refractivity contribution in [1.29, 1.82) is 0 Å². The van der Waals surface area contributed by atoms with Crippen molar-refractivity contribution in [3.63, 3.8) is 0 Å². The number of carbonyl (C=O) groups is 1. The van der Waals surface area contributed by atoms with Crippen LogP contribution in [0.2, 0.25) is 0 Å². The van der Waals surface area contributed by atoms with E-state index >= 15 is 0 Å². The Morgan fingerprint density at radius 2 is 2.17 bits per heavy atom. The topological polar surface area (TPSA) is 57.7 Å². The Hall–Kier alpha value is -2.73. The van der Waals surface area contributed by atoms with Crippen LogP contribution in [0.25, 0.3) is 6.08 Å². The minimum atomic E-state index is -0.626. The molecule has 0 spiro atoms.